The number of rotatable bonds is 4. The van der Waals surface area contributed by atoms with Gasteiger partial charge >= 0.3 is 0 Å². The Morgan fingerprint density at radius 3 is 2.76 bits per heavy atom. The number of carbonyl (C=O) groups excluding carboxylic acids is 1. The molecule has 0 amide bonds. The van der Waals surface area contributed by atoms with Gasteiger partial charge in [0.1, 0.15) is 6.29 Å². The van der Waals surface area contributed by atoms with E-state index in [1.807, 2.05) is 6.07 Å². The summed E-state index contributed by atoms with van der Waals surface area (Å²) in [6, 6.07) is 14.7. The van der Waals surface area contributed by atoms with E-state index < -0.39 is 0 Å². The number of nitrogen functional groups attached to an aromatic ring is 1. The van der Waals surface area contributed by atoms with E-state index in [-0.39, 0.29) is 5.41 Å². The van der Waals surface area contributed by atoms with E-state index in [1.54, 1.807) is 22.2 Å². The quantitative estimate of drug-likeness (QED) is 0.577. The van der Waals surface area contributed by atoms with Crippen molar-refractivity contribution >= 4 is 35.7 Å². The fourth-order valence-corrected chi connectivity index (χ4v) is 4.35. The van der Waals surface area contributed by atoms with Crippen molar-refractivity contribution in [3.8, 4) is 0 Å². The van der Waals surface area contributed by atoms with Crippen LogP contribution in [0.25, 0.3) is 12.3 Å². The van der Waals surface area contributed by atoms with Gasteiger partial charge < -0.3 is 5.73 Å². The van der Waals surface area contributed by atoms with Crippen LogP contribution in [0, 0.1) is 0 Å². The zero-order chi connectivity index (χ0) is 17.3. The van der Waals surface area contributed by atoms with E-state index in [2.05, 4.69) is 59.0 Å². The van der Waals surface area contributed by atoms with E-state index in [4.69, 9.17) is 5.73 Å². The van der Waals surface area contributed by atoms with Gasteiger partial charge in [0, 0.05) is 23.1 Å². The summed E-state index contributed by atoms with van der Waals surface area (Å²) < 4.78 is 1.72. The highest BCUT2D eigenvalue weighted by Crippen LogP contribution is 2.44. The first-order valence-electron chi connectivity index (χ1n) is 8.02. The summed E-state index contributed by atoms with van der Waals surface area (Å²) in [6.07, 6.45) is 8.84. The average molecular weight is 347 g/mol. The molecule has 0 aliphatic heterocycles. The van der Waals surface area contributed by atoms with Crippen LogP contribution in [0.2, 0.25) is 0 Å². The first-order chi connectivity index (χ1) is 12.2. The maximum absolute atomic E-state index is 10.7. The largest absolute Gasteiger partial charge is 0.382 e. The van der Waals surface area contributed by atoms with Gasteiger partial charge in [-0.25, -0.2) is 4.68 Å². The topological polar surface area (TPSA) is 60.9 Å². The van der Waals surface area contributed by atoms with E-state index in [9.17, 15) is 4.79 Å². The summed E-state index contributed by atoms with van der Waals surface area (Å²) in [6.45, 7) is 0. The number of allylic oxidation sites excluding steroid dienone is 2. The second-order valence-electron chi connectivity index (χ2n) is 5.99. The number of aromatic nitrogens is 2. The maximum atomic E-state index is 10.7. The lowest BCUT2D eigenvalue weighted by Crippen LogP contribution is -2.30. The molecule has 0 saturated heterocycles. The molecule has 4 nitrogen and oxygen atoms in total. The van der Waals surface area contributed by atoms with Gasteiger partial charge in [-0.2, -0.15) is 5.10 Å². The zero-order valence-corrected chi connectivity index (χ0v) is 14.3. The van der Waals surface area contributed by atoms with Gasteiger partial charge in [-0.15, -0.1) is 11.3 Å². The van der Waals surface area contributed by atoms with Crippen molar-refractivity contribution in [3.63, 3.8) is 0 Å². The Labute approximate surface area is 149 Å². The number of aldehydes is 1. The number of nitrogens with zero attached hydrogens (tertiary/aromatic N) is 2. The molecule has 124 valence electrons. The van der Waals surface area contributed by atoms with Crippen LogP contribution in [-0.2, 0) is 16.6 Å². The number of fused-ring (bicyclic) bond motifs is 1. The highest BCUT2D eigenvalue weighted by molar-refractivity contribution is 7.10. The lowest BCUT2D eigenvalue weighted by atomic mass is 9.72. The van der Waals surface area contributed by atoms with E-state index >= 15 is 0 Å². The first kappa shape index (κ1) is 15.6. The number of nitrogens with two attached hydrogens (primary N) is 1. The lowest BCUT2D eigenvalue weighted by molar-refractivity contribution is -0.104. The molecule has 5 heteroatoms. The SMILES string of the molecule is Nc1nn(C=CC=O)c2c1C=CC(c1ccccc1)(c1cccs1)C2. The molecule has 1 aliphatic carbocycles. The molecule has 4 rings (SSSR count). The summed E-state index contributed by atoms with van der Waals surface area (Å²) in [5.41, 5.74) is 8.98. The molecular weight excluding hydrogens is 330 g/mol. The van der Waals surface area contributed by atoms with E-state index in [0.29, 0.717) is 5.82 Å². The third-order valence-corrected chi connectivity index (χ3v) is 5.66. The molecule has 0 spiro atoms. The summed E-state index contributed by atoms with van der Waals surface area (Å²) in [4.78, 5) is 12.0. The highest BCUT2D eigenvalue weighted by Gasteiger charge is 2.37. The smallest absolute Gasteiger partial charge is 0.153 e. The molecule has 2 aromatic heterocycles. The van der Waals surface area contributed by atoms with Gasteiger partial charge in [-0.3, -0.25) is 4.79 Å². The van der Waals surface area contributed by atoms with Crippen LogP contribution in [0.15, 0.2) is 60.0 Å². The van der Waals surface area contributed by atoms with Crippen LogP contribution in [0.4, 0.5) is 5.82 Å². The van der Waals surface area contributed by atoms with Crippen molar-refractivity contribution in [1.82, 2.24) is 9.78 Å². The molecule has 1 atom stereocenters. The molecule has 0 fully saturated rings. The van der Waals surface area contributed by atoms with Gasteiger partial charge in [0.05, 0.1) is 11.1 Å². The molecular formula is C20H17N3OS. The second kappa shape index (κ2) is 6.18. The van der Waals surface area contributed by atoms with Crippen molar-refractivity contribution in [2.45, 2.75) is 11.8 Å². The Morgan fingerprint density at radius 1 is 1.20 bits per heavy atom. The third kappa shape index (κ3) is 2.53. The van der Waals surface area contributed by atoms with Crippen LogP contribution in [0.3, 0.4) is 0 Å². The van der Waals surface area contributed by atoms with Crippen molar-refractivity contribution in [2.75, 3.05) is 5.73 Å². The fourth-order valence-electron chi connectivity index (χ4n) is 3.43. The molecule has 1 unspecified atom stereocenters. The second-order valence-corrected chi connectivity index (χ2v) is 6.94. The van der Waals surface area contributed by atoms with Gasteiger partial charge in [0.25, 0.3) is 0 Å². The number of thiophene rings is 1. The van der Waals surface area contributed by atoms with Crippen LogP contribution in [0.5, 0.6) is 0 Å². The molecule has 0 bridgehead atoms. The number of benzene rings is 1. The molecule has 2 heterocycles. The first-order valence-corrected chi connectivity index (χ1v) is 8.90. The number of carbonyl (C=O) groups is 1. The number of anilines is 1. The predicted octanol–water partition coefficient (Wildman–Crippen LogP) is 3.75. The summed E-state index contributed by atoms with van der Waals surface area (Å²) in [5, 5.41) is 6.47. The van der Waals surface area contributed by atoms with Crippen LogP contribution >= 0.6 is 11.3 Å². The van der Waals surface area contributed by atoms with Crippen molar-refractivity contribution in [3.05, 3.63) is 81.7 Å². The summed E-state index contributed by atoms with van der Waals surface area (Å²) in [7, 11) is 0. The number of hydrogen-bond acceptors (Lipinski definition) is 4. The zero-order valence-electron chi connectivity index (χ0n) is 13.5. The van der Waals surface area contributed by atoms with Crippen molar-refractivity contribution in [1.29, 1.82) is 0 Å². The lowest BCUT2D eigenvalue weighted by Gasteiger charge is -2.33. The van der Waals surface area contributed by atoms with Crippen LogP contribution in [-0.4, -0.2) is 16.1 Å². The maximum Gasteiger partial charge on any atom is 0.153 e. The van der Waals surface area contributed by atoms with Crippen LogP contribution in [0.1, 0.15) is 21.7 Å². The molecule has 0 saturated carbocycles. The molecule has 1 aromatic carbocycles. The van der Waals surface area contributed by atoms with E-state index in [0.717, 1.165) is 24.0 Å². The van der Waals surface area contributed by atoms with Gasteiger partial charge in [0.15, 0.2) is 5.82 Å². The summed E-state index contributed by atoms with van der Waals surface area (Å²) in [5.74, 6) is 0.481. The normalized spacial score (nSPS) is 19.2. The van der Waals surface area contributed by atoms with E-state index in [1.165, 1.54) is 16.5 Å². The highest BCUT2D eigenvalue weighted by atomic mass is 32.1. The van der Waals surface area contributed by atoms with Gasteiger partial charge in [-0.05, 0) is 23.1 Å². The van der Waals surface area contributed by atoms with Gasteiger partial charge in [0.2, 0.25) is 0 Å². The van der Waals surface area contributed by atoms with Crippen molar-refractivity contribution < 1.29 is 4.79 Å². The minimum atomic E-state index is -0.262. The fraction of sp³-hybridized carbons (Fsp3) is 0.100. The standard InChI is InChI=1S/C20H17N3OS/c21-19-16-9-10-20(18-8-4-13-25-18,15-6-2-1-3-7-15)14-17(16)23(22-19)11-5-12-24/h1-13H,14H2,(H2,21,22). The average Bonchev–Trinajstić information content (AvgIpc) is 3.29. The third-order valence-electron chi connectivity index (χ3n) is 4.62. The molecule has 3 aromatic rings. The molecule has 1 aliphatic rings. The van der Waals surface area contributed by atoms with Gasteiger partial charge in [-0.1, -0.05) is 48.6 Å². The Bertz CT molecular complexity index is 955. The Kier molecular flexibility index (Phi) is 3.86. The Hall–Kier alpha value is -2.92. The number of hydrogen-bond donors (Lipinski definition) is 1. The monoisotopic (exact) mass is 347 g/mol. The Balaban J connectivity index is 1.91. The molecule has 25 heavy (non-hydrogen) atoms. The molecule has 2 N–H and O–H groups in total. The minimum Gasteiger partial charge on any atom is -0.382 e. The summed E-state index contributed by atoms with van der Waals surface area (Å²) >= 11 is 1.74. The van der Waals surface area contributed by atoms with Crippen LogP contribution < -0.4 is 5.73 Å². The predicted molar refractivity (Wildman–Crippen MR) is 102 cm³/mol. The molecule has 0 radical (unpaired) electrons. The van der Waals surface area contributed by atoms with Crippen molar-refractivity contribution in [2.24, 2.45) is 0 Å². The minimum absolute atomic E-state index is 0.262. The Morgan fingerprint density at radius 2 is 2.04 bits per heavy atom.